The number of ether oxygens (including phenoxy) is 1. The highest BCUT2D eigenvalue weighted by Crippen LogP contribution is 2.35. The molecule has 0 spiro atoms. The van der Waals surface area contributed by atoms with Crippen LogP contribution in [0, 0.1) is 16.0 Å². The Balaban J connectivity index is 1.89. The van der Waals surface area contributed by atoms with Crippen LogP contribution in [0.4, 0.5) is 23.0 Å². The summed E-state index contributed by atoms with van der Waals surface area (Å²) in [6.45, 7) is 0.765. The van der Waals surface area contributed by atoms with Crippen LogP contribution in [-0.4, -0.2) is 46.2 Å². The molecule has 10 heteroatoms. The number of carboxylic acids is 1. The third kappa shape index (κ3) is 4.05. The number of aromatic nitrogens is 2. The SMILES string of the molecule is COc1cccc(Nc2ncnc(N3CCC(C(=O)O)CC3)c2[N+](=O)[O-])c1. The Bertz CT molecular complexity index is 851. The van der Waals surface area contributed by atoms with Crippen molar-refractivity contribution in [2.45, 2.75) is 12.8 Å². The quantitative estimate of drug-likeness (QED) is 0.579. The number of carbonyl (C=O) groups is 1. The van der Waals surface area contributed by atoms with Crippen molar-refractivity contribution >= 4 is 29.0 Å². The number of aliphatic carboxylic acids is 1. The Morgan fingerprint density at radius 1 is 1.37 bits per heavy atom. The van der Waals surface area contributed by atoms with E-state index >= 15 is 0 Å². The average molecular weight is 373 g/mol. The lowest BCUT2D eigenvalue weighted by atomic mass is 9.97. The van der Waals surface area contributed by atoms with E-state index in [1.54, 1.807) is 29.2 Å². The van der Waals surface area contributed by atoms with Gasteiger partial charge < -0.3 is 20.1 Å². The minimum atomic E-state index is -0.841. The largest absolute Gasteiger partial charge is 0.497 e. The number of anilines is 3. The maximum atomic E-state index is 11.7. The molecule has 27 heavy (non-hydrogen) atoms. The molecule has 0 radical (unpaired) electrons. The molecule has 0 aliphatic carbocycles. The first-order valence-electron chi connectivity index (χ1n) is 8.38. The lowest BCUT2D eigenvalue weighted by molar-refractivity contribution is -0.383. The Hall–Kier alpha value is -3.43. The number of nitrogens with one attached hydrogen (secondary N) is 1. The second kappa shape index (κ2) is 7.85. The van der Waals surface area contributed by atoms with E-state index in [2.05, 4.69) is 15.3 Å². The minimum Gasteiger partial charge on any atom is -0.497 e. The molecule has 0 saturated carbocycles. The molecule has 2 N–H and O–H groups in total. The second-order valence-electron chi connectivity index (χ2n) is 6.11. The summed E-state index contributed by atoms with van der Waals surface area (Å²) in [6.07, 6.45) is 2.08. The molecule has 1 fully saturated rings. The van der Waals surface area contributed by atoms with Gasteiger partial charge in [-0.3, -0.25) is 14.9 Å². The second-order valence-corrected chi connectivity index (χ2v) is 6.11. The van der Waals surface area contributed by atoms with Crippen LogP contribution in [0.25, 0.3) is 0 Å². The van der Waals surface area contributed by atoms with E-state index in [4.69, 9.17) is 9.84 Å². The van der Waals surface area contributed by atoms with Crippen molar-refractivity contribution in [1.82, 2.24) is 9.97 Å². The molecule has 0 unspecified atom stereocenters. The fourth-order valence-corrected chi connectivity index (χ4v) is 3.04. The van der Waals surface area contributed by atoms with Gasteiger partial charge in [0.25, 0.3) is 0 Å². The van der Waals surface area contributed by atoms with Gasteiger partial charge in [-0.05, 0) is 25.0 Å². The predicted molar refractivity (Wildman–Crippen MR) is 97.5 cm³/mol. The Morgan fingerprint density at radius 2 is 2.11 bits per heavy atom. The van der Waals surface area contributed by atoms with Crippen molar-refractivity contribution in [3.63, 3.8) is 0 Å². The Labute approximate surface area is 155 Å². The van der Waals surface area contributed by atoms with Crippen LogP contribution in [0.3, 0.4) is 0 Å². The van der Waals surface area contributed by atoms with E-state index in [-0.39, 0.29) is 17.3 Å². The monoisotopic (exact) mass is 373 g/mol. The van der Waals surface area contributed by atoms with Crippen molar-refractivity contribution in [3.8, 4) is 5.75 Å². The number of hydrogen-bond donors (Lipinski definition) is 2. The lowest BCUT2D eigenvalue weighted by Gasteiger charge is -2.30. The van der Waals surface area contributed by atoms with E-state index in [9.17, 15) is 14.9 Å². The summed E-state index contributed by atoms with van der Waals surface area (Å²) in [5.41, 5.74) is 0.348. The van der Waals surface area contributed by atoms with Crippen LogP contribution in [0.1, 0.15) is 12.8 Å². The molecule has 2 heterocycles. The van der Waals surface area contributed by atoms with Gasteiger partial charge in [0.2, 0.25) is 11.6 Å². The number of piperidine rings is 1. The van der Waals surface area contributed by atoms with Crippen molar-refractivity contribution in [2.75, 3.05) is 30.4 Å². The first kappa shape index (κ1) is 18.4. The number of methoxy groups -OCH3 is 1. The van der Waals surface area contributed by atoms with E-state index in [0.29, 0.717) is 37.4 Å². The molecule has 142 valence electrons. The molecule has 0 bridgehead atoms. The summed E-state index contributed by atoms with van der Waals surface area (Å²) < 4.78 is 5.16. The summed E-state index contributed by atoms with van der Waals surface area (Å²) in [6, 6.07) is 6.96. The van der Waals surface area contributed by atoms with E-state index in [0.717, 1.165) is 0 Å². The third-order valence-corrected chi connectivity index (χ3v) is 4.46. The van der Waals surface area contributed by atoms with Crippen LogP contribution >= 0.6 is 0 Å². The van der Waals surface area contributed by atoms with Crippen LogP contribution in [0.2, 0.25) is 0 Å². The molecule has 0 atom stereocenters. The number of nitro groups is 1. The Kier molecular flexibility index (Phi) is 5.34. The minimum absolute atomic E-state index is 0.0682. The number of benzene rings is 1. The summed E-state index contributed by atoms with van der Waals surface area (Å²) >= 11 is 0. The van der Waals surface area contributed by atoms with E-state index in [1.807, 2.05) is 0 Å². The standard InChI is InChI=1S/C17H19N5O5/c1-27-13-4-2-3-12(9-13)20-15-14(22(25)26)16(19-10-18-15)21-7-5-11(6-8-21)17(23)24/h2-4,9-11H,5-8H2,1H3,(H,23,24)(H,18,19,20). The molecule has 1 aliphatic rings. The molecule has 2 aromatic rings. The maximum Gasteiger partial charge on any atom is 0.353 e. The highest BCUT2D eigenvalue weighted by atomic mass is 16.6. The van der Waals surface area contributed by atoms with Crippen LogP contribution in [-0.2, 0) is 4.79 Å². The van der Waals surface area contributed by atoms with E-state index < -0.39 is 16.8 Å². The molecule has 0 amide bonds. The number of rotatable bonds is 6. The van der Waals surface area contributed by atoms with Gasteiger partial charge in [-0.2, -0.15) is 0 Å². The summed E-state index contributed by atoms with van der Waals surface area (Å²) in [4.78, 5) is 32.1. The van der Waals surface area contributed by atoms with Gasteiger partial charge in [-0.1, -0.05) is 6.07 Å². The summed E-state index contributed by atoms with van der Waals surface area (Å²) in [5.74, 6) is -0.417. The maximum absolute atomic E-state index is 11.7. The molecule has 1 saturated heterocycles. The Morgan fingerprint density at radius 3 is 2.74 bits per heavy atom. The normalized spacial score (nSPS) is 14.6. The predicted octanol–water partition coefficient (Wildman–Crippen LogP) is 2.44. The van der Waals surface area contributed by atoms with Crippen molar-refractivity contribution in [3.05, 3.63) is 40.7 Å². The van der Waals surface area contributed by atoms with Gasteiger partial charge in [0.15, 0.2) is 0 Å². The number of hydrogen-bond acceptors (Lipinski definition) is 8. The van der Waals surface area contributed by atoms with Crippen LogP contribution < -0.4 is 15.0 Å². The highest BCUT2D eigenvalue weighted by molar-refractivity contribution is 5.75. The van der Waals surface area contributed by atoms with Gasteiger partial charge >= 0.3 is 11.7 Å². The van der Waals surface area contributed by atoms with Gasteiger partial charge in [-0.25, -0.2) is 9.97 Å². The summed E-state index contributed by atoms with van der Waals surface area (Å²) in [7, 11) is 1.53. The van der Waals surface area contributed by atoms with E-state index in [1.165, 1.54) is 13.4 Å². The molecule has 1 aliphatic heterocycles. The zero-order valence-corrected chi connectivity index (χ0v) is 14.7. The van der Waals surface area contributed by atoms with Crippen molar-refractivity contribution < 1.29 is 19.6 Å². The molecule has 1 aromatic carbocycles. The van der Waals surface area contributed by atoms with Gasteiger partial charge in [-0.15, -0.1) is 0 Å². The number of carboxylic acid groups (broad SMARTS) is 1. The smallest absolute Gasteiger partial charge is 0.353 e. The van der Waals surface area contributed by atoms with Crippen molar-refractivity contribution in [1.29, 1.82) is 0 Å². The first-order valence-corrected chi connectivity index (χ1v) is 8.38. The van der Waals surface area contributed by atoms with Gasteiger partial charge in [0, 0.05) is 24.8 Å². The average Bonchev–Trinajstić information content (AvgIpc) is 2.68. The van der Waals surface area contributed by atoms with Crippen LogP contribution in [0.5, 0.6) is 5.75 Å². The molecular formula is C17H19N5O5. The fraction of sp³-hybridized carbons (Fsp3) is 0.353. The molecule has 1 aromatic heterocycles. The highest BCUT2D eigenvalue weighted by Gasteiger charge is 2.31. The number of nitrogens with zero attached hydrogens (tertiary/aromatic N) is 4. The molecule has 3 rings (SSSR count). The molecule has 10 nitrogen and oxygen atoms in total. The first-order chi connectivity index (χ1) is 13.0. The lowest BCUT2D eigenvalue weighted by Crippen LogP contribution is -2.37. The van der Waals surface area contributed by atoms with Crippen LogP contribution in [0.15, 0.2) is 30.6 Å². The van der Waals surface area contributed by atoms with Crippen molar-refractivity contribution in [2.24, 2.45) is 5.92 Å². The van der Waals surface area contributed by atoms with Gasteiger partial charge in [0.1, 0.15) is 12.1 Å². The van der Waals surface area contributed by atoms with Gasteiger partial charge in [0.05, 0.1) is 18.0 Å². The topological polar surface area (TPSA) is 131 Å². The zero-order chi connectivity index (χ0) is 19.4. The fourth-order valence-electron chi connectivity index (χ4n) is 3.04. The third-order valence-electron chi connectivity index (χ3n) is 4.46. The summed E-state index contributed by atoms with van der Waals surface area (Å²) in [5, 5.41) is 23.8. The zero-order valence-electron chi connectivity index (χ0n) is 14.7. The molecular weight excluding hydrogens is 354 g/mol.